The molecule has 2 nitrogen and oxygen atoms in total. The zero-order valence-corrected chi connectivity index (χ0v) is 18.0. The summed E-state index contributed by atoms with van der Waals surface area (Å²) in [5, 5.41) is 3.77. The predicted octanol–water partition coefficient (Wildman–Crippen LogP) is 6.17. The van der Waals surface area contributed by atoms with Crippen molar-refractivity contribution >= 4 is 34.1 Å². The molecule has 0 spiro atoms. The molecule has 1 aromatic carbocycles. The molecule has 0 amide bonds. The van der Waals surface area contributed by atoms with Gasteiger partial charge in [0, 0.05) is 28.7 Å². The SMILES string of the molecule is CC.CN1CCC[C@@H]1Cc1csc2ccc(-c3cccnc3)cc12.CS. The van der Waals surface area contributed by atoms with Crippen LogP contribution in [0, 0.1) is 0 Å². The first-order chi connectivity index (χ1) is 12.8. The Morgan fingerprint density at radius 1 is 1.19 bits per heavy atom. The van der Waals surface area contributed by atoms with E-state index in [1.54, 1.807) is 6.26 Å². The Balaban J connectivity index is 0.000000570. The largest absolute Gasteiger partial charge is 0.303 e. The second-order valence-corrected chi connectivity index (χ2v) is 7.11. The van der Waals surface area contributed by atoms with Crippen molar-refractivity contribution in [2.75, 3.05) is 19.8 Å². The second-order valence-electron chi connectivity index (χ2n) is 6.19. The topological polar surface area (TPSA) is 16.1 Å². The molecule has 26 heavy (non-hydrogen) atoms. The fourth-order valence-electron chi connectivity index (χ4n) is 3.44. The maximum absolute atomic E-state index is 4.24. The number of thiol groups is 1. The van der Waals surface area contributed by atoms with Crippen molar-refractivity contribution in [2.45, 2.75) is 39.2 Å². The van der Waals surface area contributed by atoms with Gasteiger partial charge in [-0.15, -0.1) is 11.3 Å². The van der Waals surface area contributed by atoms with E-state index in [1.807, 2.05) is 43.6 Å². The monoisotopic (exact) mass is 386 g/mol. The molecule has 1 aliphatic rings. The van der Waals surface area contributed by atoms with Crippen molar-refractivity contribution in [2.24, 2.45) is 0 Å². The molecule has 3 aromatic rings. The summed E-state index contributed by atoms with van der Waals surface area (Å²) in [4.78, 5) is 6.75. The predicted molar refractivity (Wildman–Crippen MR) is 121 cm³/mol. The van der Waals surface area contributed by atoms with Crippen molar-refractivity contribution in [3.05, 3.63) is 53.7 Å². The lowest BCUT2D eigenvalue weighted by molar-refractivity contribution is 0.310. The molecular weight excluding hydrogens is 356 g/mol. The van der Waals surface area contributed by atoms with E-state index in [-0.39, 0.29) is 0 Å². The molecular formula is C22H30N2S2. The average Bonchev–Trinajstić information content (AvgIpc) is 3.32. The quantitative estimate of drug-likeness (QED) is 0.542. The van der Waals surface area contributed by atoms with Gasteiger partial charge in [-0.1, -0.05) is 26.0 Å². The number of rotatable bonds is 3. The van der Waals surface area contributed by atoms with Gasteiger partial charge in [-0.2, -0.15) is 12.6 Å². The van der Waals surface area contributed by atoms with Gasteiger partial charge in [0.05, 0.1) is 0 Å². The summed E-state index contributed by atoms with van der Waals surface area (Å²) in [7, 11) is 2.26. The number of fused-ring (bicyclic) bond motifs is 1. The third kappa shape index (κ3) is 4.87. The van der Waals surface area contributed by atoms with Gasteiger partial charge in [-0.05, 0) is 79.2 Å². The lowest BCUT2D eigenvalue weighted by atomic mass is 10.00. The number of pyridine rings is 1. The molecule has 1 saturated heterocycles. The van der Waals surface area contributed by atoms with Crippen LogP contribution in [0.3, 0.4) is 0 Å². The van der Waals surface area contributed by atoms with Gasteiger partial charge in [0.1, 0.15) is 0 Å². The first-order valence-electron chi connectivity index (χ1n) is 9.37. The Morgan fingerprint density at radius 3 is 2.65 bits per heavy atom. The number of thiophene rings is 1. The summed E-state index contributed by atoms with van der Waals surface area (Å²) in [6.45, 7) is 5.24. The first-order valence-corrected chi connectivity index (χ1v) is 11.1. The Labute approximate surface area is 167 Å². The highest BCUT2D eigenvalue weighted by molar-refractivity contribution is 7.79. The van der Waals surface area contributed by atoms with Gasteiger partial charge < -0.3 is 4.90 Å². The van der Waals surface area contributed by atoms with Crippen molar-refractivity contribution < 1.29 is 0 Å². The van der Waals surface area contributed by atoms with Crippen LogP contribution in [-0.2, 0) is 6.42 Å². The van der Waals surface area contributed by atoms with Crippen molar-refractivity contribution in [3.63, 3.8) is 0 Å². The standard InChI is InChI=1S/C19H20N2S.C2H6.CH4S/c1-21-9-3-5-17(21)10-16-13-22-19-7-6-14(11-18(16)19)15-4-2-8-20-12-15;2*1-2/h2,4,6-8,11-13,17H,3,5,9-10H2,1H3;1-2H3;2H,1H3/t17-;;/m1../s1. The smallest absolute Gasteiger partial charge is 0.0346 e. The third-order valence-electron chi connectivity index (χ3n) is 4.78. The molecule has 2 aromatic heterocycles. The van der Waals surface area contributed by atoms with Gasteiger partial charge in [0.2, 0.25) is 0 Å². The molecule has 0 saturated carbocycles. The molecule has 0 aliphatic carbocycles. The minimum absolute atomic E-state index is 0.708. The maximum Gasteiger partial charge on any atom is 0.0346 e. The molecule has 140 valence electrons. The zero-order valence-electron chi connectivity index (χ0n) is 16.3. The van der Waals surface area contributed by atoms with Crippen LogP contribution in [0.2, 0.25) is 0 Å². The fraction of sp³-hybridized carbons (Fsp3) is 0.409. The van der Waals surface area contributed by atoms with E-state index in [0.717, 1.165) is 0 Å². The lowest BCUT2D eigenvalue weighted by Gasteiger charge is -2.18. The van der Waals surface area contributed by atoms with E-state index in [1.165, 1.54) is 52.6 Å². The molecule has 1 atom stereocenters. The van der Waals surface area contributed by atoms with Gasteiger partial charge in [0.25, 0.3) is 0 Å². The maximum atomic E-state index is 4.24. The van der Waals surface area contributed by atoms with Crippen LogP contribution in [0.4, 0.5) is 0 Å². The Kier molecular flexibility index (Phi) is 8.63. The van der Waals surface area contributed by atoms with Gasteiger partial charge in [0.15, 0.2) is 0 Å². The highest BCUT2D eigenvalue weighted by atomic mass is 32.1. The molecule has 4 heteroatoms. The minimum atomic E-state index is 0.708. The third-order valence-corrected chi connectivity index (χ3v) is 5.79. The van der Waals surface area contributed by atoms with E-state index in [4.69, 9.17) is 0 Å². The molecule has 4 rings (SSSR count). The number of likely N-dealkylation sites (tertiary alicyclic amines) is 1. The van der Waals surface area contributed by atoms with Crippen LogP contribution in [0.25, 0.3) is 21.2 Å². The van der Waals surface area contributed by atoms with Crippen molar-refractivity contribution in [1.82, 2.24) is 9.88 Å². The van der Waals surface area contributed by atoms with Crippen LogP contribution < -0.4 is 0 Å². The van der Waals surface area contributed by atoms with E-state index < -0.39 is 0 Å². The summed E-state index contributed by atoms with van der Waals surface area (Å²) in [6, 6.07) is 11.6. The lowest BCUT2D eigenvalue weighted by Crippen LogP contribution is -2.26. The van der Waals surface area contributed by atoms with E-state index in [0.29, 0.717) is 6.04 Å². The number of aromatic nitrogens is 1. The van der Waals surface area contributed by atoms with Crippen LogP contribution in [0.15, 0.2) is 48.1 Å². The Hall–Kier alpha value is -1.36. The van der Waals surface area contributed by atoms with E-state index in [9.17, 15) is 0 Å². The summed E-state index contributed by atoms with van der Waals surface area (Å²) >= 11 is 5.40. The number of likely N-dealkylation sites (N-methyl/N-ethyl adjacent to an activating group) is 1. The molecule has 1 aliphatic heterocycles. The molecule has 0 radical (unpaired) electrons. The molecule has 0 N–H and O–H groups in total. The Bertz CT molecular complexity index is 783. The second kappa shape index (κ2) is 10.7. The normalized spacial score (nSPS) is 16.6. The number of hydrogen-bond acceptors (Lipinski definition) is 4. The van der Waals surface area contributed by atoms with Gasteiger partial charge in [-0.25, -0.2) is 0 Å². The van der Waals surface area contributed by atoms with Crippen LogP contribution in [0.5, 0.6) is 0 Å². The summed E-state index contributed by atoms with van der Waals surface area (Å²) in [6.07, 6.45) is 9.30. The average molecular weight is 387 g/mol. The summed E-state index contributed by atoms with van der Waals surface area (Å²) in [5.41, 5.74) is 3.96. The molecule has 3 heterocycles. The van der Waals surface area contributed by atoms with Crippen molar-refractivity contribution in [3.8, 4) is 11.1 Å². The summed E-state index contributed by atoms with van der Waals surface area (Å²) < 4.78 is 1.39. The molecule has 1 fully saturated rings. The van der Waals surface area contributed by atoms with Crippen LogP contribution in [-0.4, -0.2) is 35.8 Å². The highest BCUT2D eigenvalue weighted by Crippen LogP contribution is 2.32. The fourth-order valence-corrected chi connectivity index (χ4v) is 4.40. The zero-order chi connectivity index (χ0) is 18.9. The summed E-state index contributed by atoms with van der Waals surface area (Å²) in [5.74, 6) is 0. The van der Waals surface area contributed by atoms with Crippen molar-refractivity contribution in [1.29, 1.82) is 0 Å². The molecule has 0 unspecified atom stereocenters. The van der Waals surface area contributed by atoms with E-state index >= 15 is 0 Å². The van der Waals surface area contributed by atoms with Crippen LogP contribution >= 0.6 is 24.0 Å². The van der Waals surface area contributed by atoms with Crippen LogP contribution in [0.1, 0.15) is 32.3 Å². The van der Waals surface area contributed by atoms with E-state index in [2.05, 4.69) is 59.2 Å². The number of nitrogens with zero attached hydrogens (tertiary/aromatic N) is 2. The minimum Gasteiger partial charge on any atom is -0.303 e. The number of benzene rings is 1. The van der Waals surface area contributed by atoms with Gasteiger partial charge in [-0.3, -0.25) is 4.98 Å². The van der Waals surface area contributed by atoms with Gasteiger partial charge >= 0.3 is 0 Å². The highest BCUT2D eigenvalue weighted by Gasteiger charge is 2.22. The first kappa shape index (κ1) is 20.9. The number of hydrogen-bond donors (Lipinski definition) is 1. The Morgan fingerprint density at radius 2 is 2.00 bits per heavy atom. The molecule has 0 bridgehead atoms.